The third-order valence-electron chi connectivity index (χ3n) is 4.33. The molecule has 1 saturated heterocycles. The number of halogens is 1. The Kier molecular flexibility index (Phi) is 6.82. The summed E-state index contributed by atoms with van der Waals surface area (Å²) < 4.78 is 12.9. The van der Waals surface area contributed by atoms with Crippen molar-refractivity contribution < 1.29 is 9.18 Å². The highest BCUT2D eigenvalue weighted by molar-refractivity contribution is 7.99. The summed E-state index contributed by atoms with van der Waals surface area (Å²) >= 11 is 1.67. The highest BCUT2D eigenvalue weighted by atomic mass is 32.2. The second-order valence-electron chi connectivity index (χ2n) is 6.28. The summed E-state index contributed by atoms with van der Waals surface area (Å²) in [4.78, 5) is 24.1. The lowest BCUT2D eigenvalue weighted by atomic mass is 9.97. The normalized spacial score (nSPS) is 17.1. The van der Waals surface area contributed by atoms with E-state index in [-0.39, 0.29) is 17.6 Å². The summed E-state index contributed by atoms with van der Waals surface area (Å²) in [5.74, 6) is 1.46. The van der Waals surface area contributed by atoms with Crippen LogP contribution in [0, 0.1) is 11.7 Å². The van der Waals surface area contributed by atoms with Gasteiger partial charge in [0, 0.05) is 36.9 Å². The van der Waals surface area contributed by atoms with Gasteiger partial charge in [-0.1, -0.05) is 0 Å². The Morgan fingerprint density at radius 2 is 2.04 bits per heavy atom. The molecule has 1 aliphatic rings. The summed E-state index contributed by atoms with van der Waals surface area (Å²) in [5, 5.41) is 3.04. The van der Waals surface area contributed by atoms with E-state index in [1.807, 2.05) is 0 Å². The van der Waals surface area contributed by atoms with Crippen molar-refractivity contribution >= 4 is 23.6 Å². The number of hydrogen-bond donors (Lipinski definition) is 1. The van der Waals surface area contributed by atoms with E-state index in [4.69, 9.17) is 0 Å². The molecular weight excluding hydrogens is 351 g/mol. The van der Waals surface area contributed by atoms with Gasteiger partial charge < -0.3 is 10.2 Å². The molecule has 2 aromatic rings. The number of carbonyl (C=O) groups excluding carboxylic acids is 1. The van der Waals surface area contributed by atoms with Crippen molar-refractivity contribution in [2.24, 2.45) is 5.92 Å². The zero-order valence-corrected chi connectivity index (χ0v) is 15.4. The SMILES string of the molecule is O=C(NCCCSc1ccc(F)cc1)C1CCCN(c2ncccn2)C1. The Morgan fingerprint density at radius 3 is 2.81 bits per heavy atom. The minimum atomic E-state index is -0.218. The van der Waals surface area contributed by atoms with Crippen molar-refractivity contribution in [3.8, 4) is 0 Å². The van der Waals surface area contributed by atoms with Crippen LogP contribution in [0.5, 0.6) is 0 Å². The second-order valence-corrected chi connectivity index (χ2v) is 7.45. The molecule has 5 nitrogen and oxygen atoms in total. The smallest absolute Gasteiger partial charge is 0.225 e. The molecule has 0 spiro atoms. The van der Waals surface area contributed by atoms with E-state index in [2.05, 4.69) is 20.2 Å². The van der Waals surface area contributed by atoms with Crippen LogP contribution in [-0.4, -0.2) is 41.3 Å². The molecule has 1 atom stereocenters. The second kappa shape index (κ2) is 9.52. The maximum absolute atomic E-state index is 12.9. The molecule has 26 heavy (non-hydrogen) atoms. The standard InChI is InChI=1S/C19H23FN4OS/c20-16-5-7-17(8-6-16)26-13-3-11-21-18(25)15-4-1-12-24(14-15)19-22-9-2-10-23-19/h2,5-10,15H,1,3-4,11-14H2,(H,21,25). The van der Waals surface area contributed by atoms with Crippen LogP contribution in [0.3, 0.4) is 0 Å². The molecule has 7 heteroatoms. The van der Waals surface area contributed by atoms with Crippen LogP contribution in [0.15, 0.2) is 47.6 Å². The maximum Gasteiger partial charge on any atom is 0.225 e. The third-order valence-corrected chi connectivity index (χ3v) is 5.43. The van der Waals surface area contributed by atoms with Gasteiger partial charge in [0.25, 0.3) is 0 Å². The molecule has 0 bridgehead atoms. The summed E-state index contributed by atoms with van der Waals surface area (Å²) in [7, 11) is 0. The molecule has 0 saturated carbocycles. The molecule has 138 valence electrons. The first-order valence-electron chi connectivity index (χ1n) is 8.90. The van der Waals surface area contributed by atoms with E-state index in [0.29, 0.717) is 19.0 Å². The van der Waals surface area contributed by atoms with Crippen LogP contribution < -0.4 is 10.2 Å². The van der Waals surface area contributed by atoms with E-state index >= 15 is 0 Å². The monoisotopic (exact) mass is 374 g/mol. The summed E-state index contributed by atoms with van der Waals surface area (Å²) in [5.41, 5.74) is 0. The zero-order valence-electron chi connectivity index (χ0n) is 14.6. The molecule has 0 radical (unpaired) electrons. The summed E-state index contributed by atoms with van der Waals surface area (Å²) in [6.45, 7) is 2.22. The summed E-state index contributed by atoms with van der Waals surface area (Å²) in [6, 6.07) is 8.29. The van der Waals surface area contributed by atoms with E-state index in [1.165, 1.54) is 12.1 Å². The molecule has 1 aliphatic heterocycles. The zero-order chi connectivity index (χ0) is 18.2. The summed E-state index contributed by atoms with van der Waals surface area (Å²) in [6.07, 6.45) is 6.21. The molecule has 1 aromatic heterocycles. The Labute approximate surface area is 157 Å². The van der Waals surface area contributed by atoms with Crippen molar-refractivity contribution in [1.29, 1.82) is 0 Å². The molecule has 0 aliphatic carbocycles. The molecule has 1 fully saturated rings. The number of carbonyl (C=O) groups is 1. The van der Waals surface area contributed by atoms with Crippen LogP contribution in [0.2, 0.25) is 0 Å². The van der Waals surface area contributed by atoms with Crippen molar-refractivity contribution in [1.82, 2.24) is 15.3 Å². The number of hydrogen-bond acceptors (Lipinski definition) is 5. The predicted octanol–water partition coefficient (Wildman–Crippen LogP) is 3.13. The van der Waals surface area contributed by atoms with Gasteiger partial charge in [-0.25, -0.2) is 14.4 Å². The Hall–Kier alpha value is -2.15. The van der Waals surface area contributed by atoms with Gasteiger partial charge in [-0.3, -0.25) is 4.79 Å². The number of amides is 1. The lowest BCUT2D eigenvalue weighted by Crippen LogP contribution is -2.43. The number of nitrogens with one attached hydrogen (secondary N) is 1. The molecule has 1 amide bonds. The molecule has 1 aromatic carbocycles. The van der Waals surface area contributed by atoms with Gasteiger partial charge in [0.2, 0.25) is 11.9 Å². The highest BCUT2D eigenvalue weighted by Gasteiger charge is 2.26. The molecule has 2 heterocycles. The van der Waals surface area contributed by atoms with Gasteiger partial charge in [-0.15, -0.1) is 11.8 Å². The van der Waals surface area contributed by atoms with Crippen LogP contribution >= 0.6 is 11.8 Å². The average Bonchev–Trinajstić information content (AvgIpc) is 2.70. The number of benzene rings is 1. The minimum absolute atomic E-state index is 0.0164. The van der Waals surface area contributed by atoms with Crippen molar-refractivity contribution in [3.63, 3.8) is 0 Å². The van der Waals surface area contributed by atoms with Crippen molar-refractivity contribution in [3.05, 3.63) is 48.5 Å². The van der Waals surface area contributed by atoms with Gasteiger partial charge in [0.1, 0.15) is 5.82 Å². The van der Waals surface area contributed by atoms with Gasteiger partial charge in [0.15, 0.2) is 0 Å². The van der Waals surface area contributed by atoms with E-state index in [0.717, 1.165) is 36.5 Å². The molecule has 1 N–H and O–H groups in total. The van der Waals surface area contributed by atoms with Crippen LogP contribution in [-0.2, 0) is 4.79 Å². The first-order valence-corrected chi connectivity index (χ1v) is 9.89. The van der Waals surface area contributed by atoms with Crippen LogP contribution in [0.4, 0.5) is 10.3 Å². The average molecular weight is 374 g/mol. The third kappa shape index (κ3) is 5.42. The fourth-order valence-electron chi connectivity index (χ4n) is 2.98. The predicted molar refractivity (Wildman–Crippen MR) is 102 cm³/mol. The Balaban J connectivity index is 1.37. The highest BCUT2D eigenvalue weighted by Crippen LogP contribution is 2.21. The largest absolute Gasteiger partial charge is 0.356 e. The lowest BCUT2D eigenvalue weighted by molar-refractivity contribution is -0.125. The van der Waals surface area contributed by atoms with E-state index in [1.54, 1.807) is 42.4 Å². The van der Waals surface area contributed by atoms with Gasteiger partial charge >= 0.3 is 0 Å². The molecular formula is C19H23FN4OS. The van der Waals surface area contributed by atoms with Crippen LogP contribution in [0.25, 0.3) is 0 Å². The van der Waals surface area contributed by atoms with E-state index in [9.17, 15) is 9.18 Å². The first-order chi connectivity index (χ1) is 12.7. The topological polar surface area (TPSA) is 58.1 Å². The first kappa shape index (κ1) is 18.6. The lowest BCUT2D eigenvalue weighted by Gasteiger charge is -2.31. The number of rotatable bonds is 7. The number of aromatic nitrogens is 2. The fourth-order valence-corrected chi connectivity index (χ4v) is 3.83. The van der Waals surface area contributed by atoms with Crippen molar-refractivity contribution in [2.45, 2.75) is 24.2 Å². The molecule has 1 unspecified atom stereocenters. The molecule has 3 rings (SSSR count). The Morgan fingerprint density at radius 1 is 1.27 bits per heavy atom. The number of nitrogens with zero attached hydrogens (tertiary/aromatic N) is 3. The van der Waals surface area contributed by atoms with Gasteiger partial charge in [-0.05, 0) is 55.3 Å². The van der Waals surface area contributed by atoms with Crippen molar-refractivity contribution in [2.75, 3.05) is 30.3 Å². The number of piperidine rings is 1. The number of anilines is 1. The van der Waals surface area contributed by atoms with E-state index < -0.39 is 0 Å². The fraction of sp³-hybridized carbons (Fsp3) is 0.421. The Bertz CT molecular complexity index is 698. The number of thioether (sulfide) groups is 1. The van der Waals surface area contributed by atoms with Gasteiger partial charge in [0.05, 0.1) is 5.92 Å². The quantitative estimate of drug-likeness (QED) is 0.596. The van der Waals surface area contributed by atoms with Gasteiger partial charge in [-0.2, -0.15) is 0 Å². The maximum atomic E-state index is 12.9. The minimum Gasteiger partial charge on any atom is -0.356 e. The van der Waals surface area contributed by atoms with Crippen LogP contribution in [0.1, 0.15) is 19.3 Å².